The van der Waals surface area contributed by atoms with Gasteiger partial charge in [-0.3, -0.25) is 0 Å². The fourth-order valence-electron chi connectivity index (χ4n) is 1.15. The maximum atomic E-state index is 8.38. The lowest BCUT2D eigenvalue weighted by atomic mass is 10.2. The lowest BCUT2D eigenvalue weighted by Gasteiger charge is -2.14. The van der Waals surface area contributed by atoms with Crippen molar-refractivity contribution in [2.75, 3.05) is 6.61 Å². The Morgan fingerprint density at radius 2 is 2.38 bits per heavy atom. The molecule has 1 fully saturated rings. The van der Waals surface area contributed by atoms with E-state index in [4.69, 9.17) is 15.7 Å². The Balaban J connectivity index is 2.16. The van der Waals surface area contributed by atoms with Gasteiger partial charge in [0, 0.05) is 13.0 Å². The fraction of sp³-hybridized carbons (Fsp3) is 0.889. The molecule has 0 bridgehead atoms. The zero-order valence-corrected chi connectivity index (χ0v) is 8.07. The highest BCUT2D eigenvalue weighted by Crippen LogP contribution is 2.29. The van der Waals surface area contributed by atoms with Crippen molar-refractivity contribution in [1.82, 2.24) is 0 Å². The van der Waals surface area contributed by atoms with E-state index in [1.54, 1.807) is 0 Å². The van der Waals surface area contributed by atoms with Gasteiger partial charge in [-0.1, -0.05) is 12.1 Å². The first kappa shape index (κ1) is 10.3. The summed E-state index contributed by atoms with van der Waals surface area (Å²) in [6.45, 7) is 2.87. The third-order valence-electron chi connectivity index (χ3n) is 2.29. The van der Waals surface area contributed by atoms with Crippen LogP contribution in [0.1, 0.15) is 32.6 Å². The number of oxime groups is 1. The van der Waals surface area contributed by atoms with E-state index in [0.29, 0.717) is 6.42 Å². The van der Waals surface area contributed by atoms with Crippen molar-refractivity contribution in [3.05, 3.63) is 0 Å². The van der Waals surface area contributed by atoms with Crippen LogP contribution in [0.15, 0.2) is 5.16 Å². The zero-order valence-electron chi connectivity index (χ0n) is 8.07. The molecular formula is C9H18N2O2. The second-order valence-corrected chi connectivity index (χ2v) is 3.60. The molecule has 1 atom stereocenters. The third kappa shape index (κ3) is 4.12. The molecule has 1 unspecified atom stereocenters. The number of amidine groups is 1. The summed E-state index contributed by atoms with van der Waals surface area (Å²) in [5, 5.41) is 11.3. The van der Waals surface area contributed by atoms with Gasteiger partial charge in [0.1, 0.15) is 5.84 Å². The van der Waals surface area contributed by atoms with Crippen molar-refractivity contribution in [2.45, 2.75) is 38.7 Å². The van der Waals surface area contributed by atoms with Gasteiger partial charge in [0.05, 0.1) is 6.10 Å². The summed E-state index contributed by atoms with van der Waals surface area (Å²) in [7, 11) is 0. The molecule has 1 aliphatic carbocycles. The molecular weight excluding hydrogens is 168 g/mol. The first-order valence-electron chi connectivity index (χ1n) is 4.84. The van der Waals surface area contributed by atoms with Crippen LogP contribution >= 0.6 is 0 Å². The normalized spacial score (nSPS) is 20.2. The van der Waals surface area contributed by atoms with Crippen LogP contribution < -0.4 is 5.73 Å². The van der Waals surface area contributed by atoms with Gasteiger partial charge in [-0.2, -0.15) is 0 Å². The Kier molecular flexibility index (Phi) is 4.02. The number of rotatable bonds is 6. The van der Waals surface area contributed by atoms with E-state index in [1.807, 2.05) is 6.92 Å². The Labute approximate surface area is 78.7 Å². The standard InChI is InChI=1S/C9H18N2O2/c1-2-8(5-9(10)11-12)13-6-7-3-4-7/h7-8,12H,2-6H2,1H3,(H2,10,11). The van der Waals surface area contributed by atoms with E-state index in [2.05, 4.69) is 5.16 Å². The molecule has 0 amide bonds. The molecule has 76 valence electrons. The van der Waals surface area contributed by atoms with E-state index in [9.17, 15) is 0 Å². The van der Waals surface area contributed by atoms with Crippen LogP contribution in [-0.4, -0.2) is 23.8 Å². The van der Waals surface area contributed by atoms with E-state index in [-0.39, 0.29) is 11.9 Å². The Morgan fingerprint density at radius 3 is 2.85 bits per heavy atom. The lowest BCUT2D eigenvalue weighted by molar-refractivity contribution is 0.0478. The molecule has 0 aromatic heterocycles. The highest BCUT2D eigenvalue weighted by atomic mass is 16.5. The maximum Gasteiger partial charge on any atom is 0.141 e. The van der Waals surface area contributed by atoms with Crippen molar-refractivity contribution >= 4 is 5.84 Å². The summed E-state index contributed by atoms with van der Waals surface area (Å²) in [5.41, 5.74) is 5.39. The second-order valence-electron chi connectivity index (χ2n) is 3.60. The number of ether oxygens (including phenoxy) is 1. The smallest absolute Gasteiger partial charge is 0.141 e. The number of hydrogen-bond acceptors (Lipinski definition) is 3. The minimum absolute atomic E-state index is 0.108. The minimum atomic E-state index is 0.108. The summed E-state index contributed by atoms with van der Waals surface area (Å²) in [4.78, 5) is 0. The van der Waals surface area contributed by atoms with Crippen LogP contribution in [-0.2, 0) is 4.74 Å². The van der Waals surface area contributed by atoms with Crippen LogP contribution in [0.25, 0.3) is 0 Å². The van der Waals surface area contributed by atoms with Gasteiger partial charge in [0.15, 0.2) is 0 Å². The Hall–Kier alpha value is -0.770. The molecule has 1 saturated carbocycles. The van der Waals surface area contributed by atoms with Gasteiger partial charge < -0.3 is 15.7 Å². The van der Waals surface area contributed by atoms with Crippen molar-refractivity contribution in [3.63, 3.8) is 0 Å². The van der Waals surface area contributed by atoms with Crippen LogP contribution in [0.2, 0.25) is 0 Å². The lowest BCUT2D eigenvalue weighted by Crippen LogP contribution is -2.23. The van der Waals surface area contributed by atoms with Crippen molar-refractivity contribution < 1.29 is 9.94 Å². The molecule has 0 saturated heterocycles. The van der Waals surface area contributed by atoms with Crippen molar-refractivity contribution in [3.8, 4) is 0 Å². The molecule has 0 aromatic carbocycles. The van der Waals surface area contributed by atoms with E-state index in [1.165, 1.54) is 12.8 Å². The van der Waals surface area contributed by atoms with Gasteiger partial charge in [-0.05, 0) is 25.2 Å². The average Bonchev–Trinajstić information content (AvgIpc) is 2.95. The van der Waals surface area contributed by atoms with Gasteiger partial charge in [0.25, 0.3) is 0 Å². The van der Waals surface area contributed by atoms with Crippen LogP contribution in [0.4, 0.5) is 0 Å². The molecule has 0 spiro atoms. The molecule has 1 rings (SSSR count). The fourth-order valence-corrected chi connectivity index (χ4v) is 1.15. The quantitative estimate of drug-likeness (QED) is 0.284. The van der Waals surface area contributed by atoms with E-state index in [0.717, 1.165) is 18.9 Å². The minimum Gasteiger partial charge on any atom is -0.409 e. The monoisotopic (exact) mass is 186 g/mol. The predicted molar refractivity (Wildman–Crippen MR) is 50.8 cm³/mol. The summed E-state index contributed by atoms with van der Waals surface area (Å²) in [5.74, 6) is 1.02. The van der Waals surface area contributed by atoms with Crippen LogP contribution in [0.3, 0.4) is 0 Å². The molecule has 3 N–H and O–H groups in total. The SMILES string of the molecule is CCC(C/C(N)=N/O)OCC1CC1. The number of hydrogen-bond donors (Lipinski definition) is 2. The molecule has 0 heterocycles. The topological polar surface area (TPSA) is 67.8 Å². The Bertz CT molecular complexity index is 178. The Morgan fingerprint density at radius 1 is 1.69 bits per heavy atom. The first-order valence-corrected chi connectivity index (χ1v) is 4.84. The first-order chi connectivity index (χ1) is 6.26. The third-order valence-corrected chi connectivity index (χ3v) is 2.29. The molecule has 0 aliphatic heterocycles. The van der Waals surface area contributed by atoms with E-state index < -0.39 is 0 Å². The van der Waals surface area contributed by atoms with Crippen LogP contribution in [0, 0.1) is 5.92 Å². The maximum absolute atomic E-state index is 8.38. The summed E-state index contributed by atoms with van der Waals surface area (Å²) < 4.78 is 5.62. The van der Waals surface area contributed by atoms with Crippen LogP contribution in [0.5, 0.6) is 0 Å². The van der Waals surface area contributed by atoms with E-state index >= 15 is 0 Å². The highest BCUT2D eigenvalue weighted by molar-refractivity contribution is 5.80. The molecule has 0 radical (unpaired) electrons. The highest BCUT2D eigenvalue weighted by Gasteiger charge is 2.23. The molecule has 1 aliphatic rings. The molecule has 0 aromatic rings. The van der Waals surface area contributed by atoms with Crippen molar-refractivity contribution in [2.24, 2.45) is 16.8 Å². The second kappa shape index (κ2) is 5.07. The van der Waals surface area contributed by atoms with Gasteiger partial charge in [-0.25, -0.2) is 0 Å². The number of nitrogens with two attached hydrogens (primary N) is 1. The molecule has 4 heteroatoms. The molecule has 4 nitrogen and oxygen atoms in total. The summed E-state index contributed by atoms with van der Waals surface area (Å²) in [6.07, 6.45) is 4.12. The number of nitrogens with zero attached hydrogens (tertiary/aromatic N) is 1. The predicted octanol–water partition coefficient (Wildman–Crippen LogP) is 1.33. The van der Waals surface area contributed by atoms with Crippen molar-refractivity contribution in [1.29, 1.82) is 0 Å². The zero-order chi connectivity index (χ0) is 9.68. The van der Waals surface area contributed by atoms with Gasteiger partial charge in [0.2, 0.25) is 0 Å². The largest absolute Gasteiger partial charge is 0.409 e. The summed E-state index contributed by atoms with van der Waals surface area (Å²) in [6, 6.07) is 0. The average molecular weight is 186 g/mol. The summed E-state index contributed by atoms with van der Waals surface area (Å²) >= 11 is 0. The molecule has 13 heavy (non-hydrogen) atoms. The van der Waals surface area contributed by atoms with Gasteiger partial charge >= 0.3 is 0 Å². The van der Waals surface area contributed by atoms with Gasteiger partial charge in [-0.15, -0.1) is 0 Å².